The standard InChI is InChI=1S/C24H14F4N4O5/c25-13-4-3-5-14(11-13)32-19(33)15-6-1-2-7-16(15)23(32,37-20(34)24(26,27)28)12-8-9-17-18(10-12)30-21(29-17)31-22(35)36/h1-11H,(H,35,36)(H2,29,30,31). The SMILES string of the molecule is O=C(O)Nc1nc2ccc(C3(OC(=O)C(F)(F)F)c4ccccc4C(=O)N3c3cccc(F)c3)cc2[nH]1. The Kier molecular flexibility index (Phi) is 5.35. The molecule has 1 unspecified atom stereocenters. The predicted octanol–water partition coefficient (Wildman–Crippen LogP) is 4.76. The molecule has 1 aliphatic heterocycles. The maximum absolute atomic E-state index is 14.2. The molecule has 1 atom stereocenters. The van der Waals surface area contributed by atoms with Crippen LogP contribution < -0.4 is 10.2 Å². The van der Waals surface area contributed by atoms with Gasteiger partial charge in [-0.3, -0.25) is 15.0 Å². The normalized spacial score (nSPS) is 17.1. The third-order valence-electron chi connectivity index (χ3n) is 5.68. The number of halogens is 4. The van der Waals surface area contributed by atoms with E-state index in [0.717, 1.165) is 17.0 Å². The van der Waals surface area contributed by atoms with E-state index >= 15 is 0 Å². The fourth-order valence-corrected chi connectivity index (χ4v) is 4.28. The van der Waals surface area contributed by atoms with Gasteiger partial charge in [-0.15, -0.1) is 0 Å². The van der Waals surface area contributed by atoms with Crippen LogP contribution in [0, 0.1) is 5.82 Å². The zero-order valence-corrected chi connectivity index (χ0v) is 18.3. The van der Waals surface area contributed by atoms with E-state index < -0.39 is 35.7 Å². The molecule has 0 bridgehead atoms. The molecule has 1 aliphatic rings. The van der Waals surface area contributed by atoms with Gasteiger partial charge >= 0.3 is 18.2 Å². The minimum Gasteiger partial charge on any atom is -0.465 e. The Morgan fingerprint density at radius 2 is 1.81 bits per heavy atom. The van der Waals surface area contributed by atoms with E-state index in [1.54, 1.807) is 0 Å². The van der Waals surface area contributed by atoms with Gasteiger partial charge in [-0.2, -0.15) is 13.2 Å². The summed E-state index contributed by atoms with van der Waals surface area (Å²) in [6.45, 7) is 0. The van der Waals surface area contributed by atoms with E-state index in [0.29, 0.717) is 0 Å². The number of hydrogen-bond acceptors (Lipinski definition) is 5. The summed E-state index contributed by atoms with van der Waals surface area (Å²) in [7, 11) is 0. The topological polar surface area (TPSA) is 125 Å². The number of H-pyrrole nitrogens is 1. The smallest absolute Gasteiger partial charge is 0.465 e. The molecule has 0 spiro atoms. The number of aromatic amines is 1. The highest BCUT2D eigenvalue weighted by Crippen LogP contribution is 2.49. The van der Waals surface area contributed by atoms with Gasteiger partial charge < -0.3 is 14.8 Å². The van der Waals surface area contributed by atoms with Gasteiger partial charge in [0, 0.05) is 16.7 Å². The van der Waals surface area contributed by atoms with Crippen molar-refractivity contribution in [2.24, 2.45) is 0 Å². The summed E-state index contributed by atoms with van der Waals surface area (Å²) in [6.07, 6.45) is -6.85. The highest BCUT2D eigenvalue weighted by atomic mass is 19.4. The number of amides is 2. The number of nitrogens with zero attached hydrogens (tertiary/aromatic N) is 2. The molecule has 4 aromatic rings. The zero-order valence-electron chi connectivity index (χ0n) is 18.3. The molecule has 0 radical (unpaired) electrons. The number of fused-ring (bicyclic) bond motifs is 2. The summed E-state index contributed by atoms with van der Waals surface area (Å²) in [6, 6.07) is 14.0. The van der Waals surface area contributed by atoms with E-state index in [1.807, 2.05) is 5.32 Å². The number of esters is 1. The fourth-order valence-electron chi connectivity index (χ4n) is 4.28. The first-order valence-corrected chi connectivity index (χ1v) is 10.5. The molecule has 9 nitrogen and oxygen atoms in total. The van der Waals surface area contributed by atoms with Crippen molar-refractivity contribution in [2.75, 3.05) is 10.2 Å². The molecule has 0 saturated carbocycles. The number of alkyl halides is 3. The Morgan fingerprint density at radius 3 is 2.51 bits per heavy atom. The maximum atomic E-state index is 14.2. The van der Waals surface area contributed by atoms with E-state index in [9.17, 15) is 31.9 Å². The number of nitrogens with one attached hydrogen (secondary N) is 2. The number of aromatic nitrogens is 2. The number of imidazole rings is 1. The van der Waals surface area contributed by atoms with Crippen LogP contribution in [-0.2, 0) is 15.3 Å². The lowest BCUT2D eigenvalue weighted by Gasteiger charge is -2.38. The minimum absolute atomic E-state index is 0.0697. The third kappa shape index (κ3) is 3.90. The molecule has 188 valence electrons. The largest absolute Gasteiger partial charge is 0.491 e. The van der Waals surface area contributed by atoms with Crippen LogP contribution in [0.2, 0.25) is 0 Å². The second kappa shape index (κ2) is 8.33. The van der Waals surface area contributed by atoms with Crippen molar-refractivity contribution >= 4 is 40.6 Å². The van der Waals surface area contributed by atoms with Crippen LogP contribution in [0.15, 0.2) is 66.7 Å². The number of rotatable bonds is 4. The van der Waals surface area contributed by atoms with E-state index in [1.165, 1.54) is 54.6 Å². The Bertz CT molecular complexity index is 1580. The molecule has 2 heterocycles. The Hall–Kier alpha value is -4.94. The lowest BCUT2D eigenvalue weighted by atomic mass is 9.92. The fraction of sp³-hybridized carbons (Fsp3) is 0.0833. The molecule has 0 aliphatic carbocycles. The molecule has 3 aromatic carbocycles. The molecular formula is C24H14F4N4O5. The van der Waals surface area contributed by atoms with Crippen molar-refractivity contribution in [3.63, 3.8) is 0 Å². The van der Waals surface area contributed by atoms with Gasteiger partial charge in [0.1, 0.15) is 5.82 Å². The predicted molar refractivity (Wildman–Crippen MR) is 120 cm³/mol. The molecule has 3 N–H and O–H groups in total. The molecule has 0 saturated heterocycles. The van der Waals surface area contributed by atoms with Gasteiger partial charge in [0.15, 0.2) is 0 Å². The zero-order chi connectivity index (χ0) is 26.5. The van der Waals surface area contributed by atoms with Gasteiger partial charge in [0.25, 0.3) is 5.91 Å². The highest BCUT2D eigenvalue weighted by molar-refractivity contribution is 6.13. The first-order valence-electron chi connectivity index (χ1n) is 10.5. The number of ether oxygens (including phenoxy) is 1. The lowest BCUT2D eigenvalue weighted by Crippen LogP contribution is -2.50. The molecule has 37 heavy (non-hydrogen) atoms. The van der Waals surface area contributed by atoms with Crippen LogP contribution in [0.5, 0.6) is 0 Å². The van der Waals surface area contributed by atoms with E-state index in [2.05, 4.69) is 9.97 Å². The van der Waals surface area contributed by atoms with Crippen LogP contribution >= 0.6 is 0 Å². The Labute approximate surface area is 204 Å². The Morgan fingerprint density at radius 1 is 1.05 bits per heavy atom. The first kappa shape index (κ1) is 23.8. The monoisotopic (exact) mass is 514 g/mol. The summed E-state index contributed by atoms with van der Waals surface area (Å²) in [4.78, 5) is 44.3. The maximum Gasteiger partial charge on any atom is 0.491 e. The summed E-state index contributed by atoms with van der Waals surface area (Å²) >= 11 is 0. The van der Waals surface area contributed by atoms with Gasteiger partial charge in [-0.1, -0.05) is 30.3 Å². The van der Waals surface area contributed by atoms with Crippen LogP contribution in [0.3, 0.4) is 0 Å². The summed E-state index contributed by atoms with van der Waals surface area (Å²) < 4.78 is 59.9. The summed E-state index contributed by atoms with van der Waals surface area (Å²) in [5, 5.41) is 11.0. The molecule has 1 aromatic heterocycles. The van der Waals surface area contributed by atoms with Crippen molar-refractivity contribution < 1.29 is 41.8 Å². The van der Waals surface area contributed by atoms with E-state index in [4.69, 9.17) is 9.84 Å². The highest BCUT2D eigenvalue weighted by Gasteiger charge is 2.58. The second-order valence-corrected chi connectivity index (χ2v) is 7.94. The number of carboxylic acid groups (broad SMARTS) is 1. The minimum atomic E-state index is -5.43. The van der Waals surface area contributed by atoms with Gasteiger partial charge in [0.05, 0.1) is 16.7 Å². The third-order valence-corrected chi connectivity index (χ3v) is 5.68. The number of carbonyl (C=O) groups excluding carboxylic acids is 2. The van der Waals surface area contributed by atoms with Crippen molar-refractivity contribution in [2.45, 2.75) is 11.9 Å². The molecule has 2 amide bonds. The van der Waals surface area contributed by atoms with Crippen molar-refractivity contribution in [1.29, 1.82) is 0 Å². The second-order valence-electron chi connectivity index (χ2n) is 7.94. The van der Waals surface area contributed by atoms with Gasteiger partial charge in [-0.25, -0.2) is 19.0 Å². The lowest BCUT2D eigenvalue weighted by molar-refractivity contribution is -0.211. The molecule has 5 rings (SSSR count). The first-order chi connectivity index (χ1) is 17.5. The number of anilines is 2. The van der Waals surface area contributed by atoms with E-state index in [-0.39, 0.29) is 39.4 Å². The van der Waals surface area contributed by atoms with Crippen molar-refractivity contribution in [3.05, 3.63) is 89.2 Å². The molecular weight excluding hydrogens is 500 g/mol. The number of carbonyl (C=O) groups is 3. The molecule has 13 heteroatoms. The molecule has 0 fully saturated rings. The van der Waals surface area contributed by atoms with Crippen molar-refractivity contribution in [1.82, 2.24) is 9.97 Å². The van der Waals surface area contributed by atoms with Crippen LogP contribution in [0.4, 0.5) is 34.0 Å². The quantitative estimate of drug-likeness (QED) is 0.267. The summed E-state index contributed by atoms with van der Waals surface area (Å²) in [5.74, 6) is -4.39. The van der Waals surface area contributed by atoms with Gasteiger partial charge in [0.2, 0.25) is 11.7 Å². The van der Waals surface area contributed by atoms with Gasteiger partial charge in [-0.05, 0) is 36.4 Å². The van der Waals surface area contributed by atoms with Crippen LogP contribution in [0.25, 0.3) is 11.0 Å². The van der Waals surface area contributed by atoms with Crippen LogP contribution in [0.1, 0.15) is 21.5 Å². The number of benzene rings is 3. The number of hydrogen-bond donors (Lipinski definition) is 3. The average molecular weight is 514 g/mol. The average Bonchev–Trinajstić information content (AvgIpc) is 3.34. The Balaban J connectivity index is 1.81. The summed E-state index contributed by atoms with van der Waals surface area (Å²) in [5.41, 5.74) is -2.59. The van der Waals surface area contributed by atoms with Crippen molar-refractivity contribution in [3.8, 4) is 0 Å². The van der Waals surface area contributed by atoms with Crippen LogP contribution in [-0.4, -0.2) is 39.2 Å².